The Kier molecular flexibility index (Phi) is 2.75. The van der Waals surface area contributed by atoms with E-state index in [9.17, 15) is 0 Å². The highest BCUT2D eigenvalue weighted by Crippen LogP contribution is 2.36. The van der Waals surface area contributed by atoms with Crippen molar-refractivity contribution in [2.75, 3.05) is 18.0 Å². The van der Waals surface area contributed by atoms with Crippen molar-refractivity contribution in [1.29, 1.82) is 0 Å². The van der Waals surface area contributed by atoms with Gasteiger partial charge in [-0.3, -0.25) is 0 Å². The summed E-state index contributed by atoms with van der Waals surface area (Å²) in [5.74, 6) is 1.13. The minimum atomic E-state index is 0.308. The zero-order chi connectivity index (χ0) is 11.1. The van der Waals surface area contributed by atoms with Crippen LogP contribution >= 0.6 is 15.9 Å². The first-order valence-electron chi connectivity index (χ1n) is 5.32. The topological polar surface area (TPSA) is 34.0 Å². The summed E-state index contributed by atoms with van der Waals surface area (Å²) < 4.78 is 1.95. The van der Waals surface area contributed by atoms with Crippen LogP contribution in [0.5, 0.6) is 0 Å². The van der Waals surface area contributed by atoms with Crippen LogP contribution in [0.15, 0.2) is 6.20 Å². The molecule has 1 aromatic heterocycles. The first kappa shape index (κ1) is 10.9. The number of hydrogen-bond donors (Lipinski definition) is 0. The van der Waals surface area contributed by atoms with Crippen LogP contribution < -0.4 is 4.90 Å². The van der Waals surface area contributed by atoms with E-state index in [2.05, 4.69) is 51.9 Å². The summed E-state index contributed by atoms with van der Waals surface area (Å²) in [6, 6.07) is 0. The highest BCUT2D eigenvalue weighted by atomic mass is 79.9. The molecule has 0 amide bonds. The number of aromatic nitrogens is 3. The summed E-state index contributed by atoms with van der Waals surface area (Å²) in [6.07, 6.45) is 1.85. The van der Waals surface area contributed by atoms with E-state index in [4.69, 9.17) is 0 Å². The Morgan fingerprint density at radius 1 is 1.60 bits per heavy atom. The average molecular weight is 273 g/mol. The maximum absolute atomic E-state index is 4.06. The first-order chi connectivity index (χ1) is 7.04. The van der Waals surface area contributed by atoms with E-state index in [1.807, 2.05) is 10.9 Å². The van der Waals surface area contributed by atoms with Gasteiger partial charge >= 0.3 is 0 Å². The van der Waals surface area contributed by atoms with Gasteiger partial charge in [0.2, 0.25) is 0 Å². The van der Waals surface area contributed by atoms with Crippen molar-refractivity contribution < 1.29 is 0 Å². The van der Waals surface area contributed by atoms with Gasteiger partial charge in [-0.2, -0.15) is 0 Å². The Hall–Kier alpha value is -0.580. The van der Waals surface area contributed by atoms with Gasteiger partial charge in [0.05, 0.1) is 6.20 Å². The number of hydrogen-bond acceptors (Lipinski definition) is 3. The molecule has 0 bridgehead atoms. The predicted octanol–water partition coefficient (Wildman–Crippen LogP) is 1.91. The maximum Gasteiger partial charge on any atom is 0.147 e. The maximum atomic E-state index is 4.06. The zero-order valence-electron chi connectivity index (χ0n) is 9.44. The van der Waals surface area contributed by atoms with Gasteiger partial charge in [-0.05, 0) is 12.3 Å². The molecule has 2 heterocycles. The molecule has 15 heavy (non-hydrogen) atoms. The predicted molar refractivity (Wildman–Crippen MR) is 64.4 cm³/mol. The molecule has 0 radical (unpaired) electrons. The molecule has 0 saturated carbocycles. The molecule has 1 fully saturated rings. The Morgan fingerprint density at radius 3 is 2.87 bits per heavy atom. The van der Waals surface area contributed by atoms with Crippen molar-refractivity contribution in [3.8, 4) is 0 Å². The molecule has 1 aromatic rings. The fourth-order valence-corrected chi connectivity index (χ4v) is 2.49. The molecule has 84 valence electrons. The molecule has 0 N–H and O–H groups in total. The number of anilines is 1. The number of aryl methyl sites for hydroxylation is 1. The first-order valence-corrected chi connectivity index (χ1v) is 6.23. The monoisotopic (exact) mass is 272 g/mol. The van der Waals surface area contributed by atoms with E-state index >= 15 is 0 Å². The van der Waals surface area contributed by atoms with Crippen LogP contribution in [0.2, 0.25) is 0 Å². The smallest absolute Gasteiger partial charge is 0.147 e. The molecule has 4 nitrogen and oxygen atoms in total. The van der Waals surface area contributed by atoms with Crippen LogP contribution in [-0.2, 0) is 6.54 Å². The largest absolute Gasteiger partial charge is 0.354 e. The van der Waals surface area contributed by atoms with E-state index < -0.39 is 0 Å². The molecule has 2 rings (SSSR count). The van der Waals surface area contributed by atoms with Crippen molar-refractivity contribution >= 4 is 21.7 Å². The van der Waals surface area contributed by atoms with Gasteiger partial charge in [-0.1, -0.05) is 35.0 Å². The molecule has 1 aliphatic heterocycles. The molecular weight excluding hydrogens is 256 g/mol. The van der Waals surface area contributed by atoms with Crippen LogP contribution in [0.4, 0.5) is 5.82 Å². The van der Waals surface area contributed by atoms with Crippen LogP contribution in [-0.4, -0.2) is 32.9 Å². The molecule has 1 unspecified atom stereocenters. The normalized spacial score (nSPS) is 24.8. The van der Waals surface area contributed by atoms with Crippen LogP contribution in [0.3, 0.4) is 0 Å². The minimum absolute atomic E-state index is 0.308. The Morgan fingerprint density at radius 2 is 2.33 bits per heavy atom. The minimum Gasteiger partial charge on any atom is -0.354 e. The van der Waals surface area contributed by atoms with Crippen molar-refractivity contribution in [1.82, 2.24) is 15.0 Å². The standard InChI is InChI=1S/C10H17BrN4/c1-4-15-9(5-12-13-15)14-6-8(11)10(2,3)7-14/h5,8H,4,6-7H2,1-3H3. The highest BCUT2D eigenvalue weighted by molar-refractivity contribution is 9.09. The van der Waals surface area contributed by atoms with Crippen molar-refractivity contribution in [2.45, 2.75) is 32.1 Å². The second-order valence-corrected chi connectivity index (χ2v) is 5.85. The number of rotatable bonds is 2. The van der Waals surface area contributed by atoms with Gasteiger partial charge in [0.25, 0.3) is 0 Å². The third kappa shape index (κ3) is 1.89. The molecule has 1 aliphatic rings. The number of alkyl halides is 1. The molecule has 1 saturated heterocycles. The summed E-state index contributed by atoms with van der Waals surface area (Å²) in [4.78, 5) is 2.88. The molecule has 0 aliphatic carbocycles. The van der Waals surface area contributed by atoms with Gasteiger partial charge < -0.3 is 4.90 Å². The summed E-state index contributed by atoms with van der Waals surface area (Å²) in [5, 5.41) is 8.03. The second kappa shape index (κ2) is 3.77. The lowest BCUT2D eigenvalue weighted by atomic mass is 9.93. The summed E-state index contributed by atoms with van der Waals surface area (Å²) in [6.45, 7) is 9.61. The average Bonchev–Trinajstić information content (AvgIpc) is 2.71. The number of halogens is 1. The van der Waals surface area contributed by atoms with E-state index in [1.165, 1.54) is 0 Å². The van der Waals surface area contributed by atoms with Gasteiger partial charge in [0, 0.05) is 24.5 Å². The lowest BCUT2D eigenvalue weighted by Crippen LogP contribution is -2.25. The van der Waals surface area contributed by atoms with E-state index in [0.29, 0.717) is 10.2 Å². The lowest BCUT2D eigenvalue weighted by Gasteiger charge is -2.21. The Bertz CT molecular complexity index is 347. The second-order valence-electron chi connectivity index (χ2n) is 4.74. The molecular formula is C10H17BrN4. The van der Waals surface area contributed by atoms with Gasteiger partial charge in [-0.15, -0.1) is 5.10 Å². The zero-order valence-corrected chi connectivity index (χ0v) is 11.0. The van der Waals surface area contributed by atoms with Gasteiger partial charge in [0.15, 0.2) is 0 Å². The summed E-state index contributed by atoms with van der Waals surface area (Å²) in [5.41, 5.74) is 0.308. The van der Waals surface area contributed by atoms with Crippen molar-refractivity contribution in [3.63, 3.8) is 0 Å². The molecule has 0 aromatic carbocycles. The van der Waals surface area contributed by atoms with Crippen LogP contribution in [0.1, 0.15) is 20.8 Å². The summed E-state index contributed by atoms with van der Waals surface area (Å²) in [7, 11) is 0. The van der Waals surface area contributed by atoms with Crippen molar-refractivity contribution in [3.05, 3.63) is 6.20 Å². The highest BCUT2D eigenvalue weighted by Gasteiger charge is 2.38. The van der Waals surface area contributed by atoms with Crippen LogP contribution in [0.25, 0.3) is 0 Å². The molecule has 1 atom stereocenters. The fraction of sp³-hybridized carbons (Fsp3) is 0.800. The quantitative estimate of drug-likeness (QED) is 0.772. The van der Waals surface area contributed by atoms with Crippen molar-refractivity contribution in [2.24, 2.45) is 5.41 Å². The van der Waals surface area contributed by atoms with E-state index in [1.54, 1.807) is 0 Å². The van der Waals surface area contributed by atoms with E-state index in [0.717, 1.165) is 25.5 Å². The van der Waals surface area contributed by atoms with Crippen LogP contribution in [0, 0.1) is 5.41 Å². The van der Waals surface area contributed by atoms with E-state index in [-0.39, 0.29) is 0 Å². The fourth-order valence-electron chi connectivity index (χ4n) is 1.99. The lowest BCUT2D eigenvalue weighted by molar-refractivity contribution is 0.433. The summed E-state index contributed by atoms with van der Waals surface area (Å²) >= 11 is 3.74. The third-order valence-electron chi connectivity index (χ3n) is 3.05. The Labute approximate surface area is 98.8 Å². The molecule has 0 spiro atoms. The molecule has 5 heteroatoms. The van der Waals surface area contributed by atoms with Gasteiger partial charge in [-0.25, -0.2) is 4.68 Å². The number of nitrogens with zero attached hydrogens (tertiary/aromatic N) is 4. The van der Waals surface area contributed by atoms with Gasteiger partial charge in [0.1, 0.15) is 5.82 Å². The SMILES string of the molecule is CCn1nncc1N1CC(Br)C(C)(C)C1. The Balaban J connectivity index is 2.21. The third-order valence-corrected chi connectivity index (χ3v) is 4.58.